The number of carbonyl (C=O) groups is 1. The van der Waals surface area contributed by atoms with Crippen molar-refractivity contribution in [3.05, 3.63) is 59.0 Å². The van der Waals surface area contributed by atoms with E-state index in [0.717, 1.165) is 12.1 Å². The molecule has 3 aromatic rings. The van der Waals surface area contributed by atoms with E-state index in [1.807, 2.05) is 0 Å². The third-order valence-electron chi connectivity index (χ3n) is 3.47. The number of rotatable bonds is 4. The molecule has 7 nitrogen and oxygen atoms in total. The maximum Gasteiger partial charge on any atom is 0.418 e. The van der Waals surface area contributed by atoms with Crippen LogP contribution >= 0.6 is 0 Å². The minimum Gasteiger partial charge on any atom is -0.383 e. The Morgan fingerprint density at radius 3 is 2.65 bits per heavy atom. The van der Waals surface area contributed by atoms with Crippen LogP contribution in [-0.2, 0) is 6.18 Å². The molecule has 4 N–H and O–H groups in total. The second kappa shape index (κ2) is 6.47. The summed E-state index contributed by atoms with van der Waals surface area (Å²) in [5.41, 5.74) is 4.22. The number of aryl methyl sites for hydroxylation is 1. The normalized spacial score (nSPS) is 11.4. The molecule has 26 heavy (non-hydrogen) atoms. The minimum absolute atomic E-state index is 0.0486. The molecule has 3 aromatic heterocycles. The molecule has 0 atom stereocenters. The zero-order valence-corrected chi connectivity index (χ0v) is 13.4. The van der Waals surface area contributed by atoms with E-state index >= 15 is 0 Å². The highest BCUT2D eigenvalue weighted by atomic mass is 19.4. The number of pyridine rings is 2. The van der Waals surface area contributed by atoms with Crippen LogP contribution in [0.2, 0.25) is 0 Å². The third kappa shape index (κ3) is 3.48. The van der Waals surface area contributed by atoms with Gasteiger partial charge in [0.1, 0.15) is 23.1 Å². The maximum atomic E-state index is 13.3. The highest BCUT2D eigenvalue weighted by Crippen LogP contribution is 2.33. The van der Waals surface area contributed by atoms with Crippen molar-refractivity contribution in [1.29, 1.82) is 0 Å². The van der Waals surface area contributed by atoms with Gasteiger partial charge in [0.2, 0.25) is 5.78 Å². The predicted octanol–water partition coefficient (Wildman–Crippen LogP) is 3.08. The van der Waals surface area contributed by atoms with Crippen LogP contribution in [0.25, 0.3) is 0 Å². The number of halogens is 3. The number of H-pyrrole nitrogens is 1. The van der Waals surface area contributed by atoms with Crippen LogP contribution in [0.5, 0.6) is 0 Å². The van der Waals surface area contributed by atoms with E-state index < -0.39 is 23.2 Å². The van der Waals surface area contributed by atoms with Crippen LogP contribution in [0.3, 0.4) is 0 Å². The number of nitrogens with two attached hydrogens (primary N) is 1. The van der Waals surface area contributed by atoms with Gasteiger partial charge in [0, 0.05) is 12.3 Å². The molecule has 0 saturated heterocycles. The Hall–Kier alpha value is -3.43. The van der Waals surface area contributed by atoms with Gasteiger partial charge in [0.15, 0.2) is 0 Å². The Morgan fingerprint density at radius 2 is 2.04 bits per heavy atom. The standard InChI is InChI=1S/C16H13F3N6O/c1-8-7-12(25-24-8)22-11-5-4-10(16(17,18)19)13(23-11)14(26)9-3-2-6-21-15(9)20/h2-7H,1H3,(H2,20,21)(H2,22,23,24,25). The fraction of sp³-hybridized carbons (Fsp3) is 0.125. The van der Waals surface area contributed by atoms with Crippen molar-refractivity contribution in [2.75, 3.05) is 11.1 Å². The van der Waals surface area contributed by atoms with E-state index in [1.54, 1.807) is 13.0 Å². The largest absolute Gasteiger partial charge is 0.418 e. The average Bonchev–Trinajstić information content (AvgIpc) is 2.98. The van der Waals surface area contributed by atoms with Gasteiger partial charge in [0.25, 0.3) is 0 Å². The summed E-state index contributed by atoms with van der Waals surface area (Å²) in [7, 11) is 0. The van der Waals surface area contributed by atoms with Crippen molar-refractivity contribution in [3.63, 3.8) is 0 Å². The Balaban J connectivity index is 2.06. The number of ketones is 1. The van der Waals surface area contributed by atoms with Gasteiger partial charge in [-0.3, -0.25) is 9.89 Å². The van der Waals surface area contributed by atoms with Crippen LogP contribution in [-0.4, -0.2) is 25.9 Å². The Kier molecular flexibility index (Phi) is 4.33. The first kappa shape index (κ1) is 17.4. The van der Waals surface area contributed by atoms with Gasteiger partial charge in [-0.1, -0.05) is 0 Å². The van der Waals surface area contributed by atoms with Crippen molar-refractivity contribution >= 4 is 23.2 Å². The van der Waals surface area contributed by atoms with Crippen molar-refractivity contribution < 1.29 is 18.0 Å². The summed E-state index contributed by atoms with van der Waals surface area (Å²) in [4.78, 5) is 20.2. The number of aromatic nitrogens is 4. The van der Waals surface area contributed by atoms with E-state index in [1.165, 1.54) is 18.3 Å². The lowest BCUT2D eigenvalue weighted by Gasteiger charge is -2.13. The van der Waals surface area contributed by atoms with E-state index in [4.69, 9.17) is 5.73 Å². The summed E-state index contributed by atoms with van der Waals surface area (Å²) in [5, 5.41) is 9.32. The van der Waals surface area contributed by atoms with Gasteiger partial charge in [-0.2, -0.15) is 18.3 Å². The number of hydrogen-bond acceptors (Lipinski definition) is 6. The number of anilines is 3. The SMILES string of the molecule is Cc1cc(Nc2ccc(C(F)(F)F)c(C(=O)c3cccnc3N)n2)[nH]n1. The molecule has 3 rings (SSSR count). The minimum atomic E-state index is -4.75. The number of nitrogen functional groups attached to an aromatic ring is 1. The van der Waals surface area contributed by atoms with E-state index in [0.29, 0.717) is 11.5 Å². The summed E-state index contributed by atoms with van der Waals surface area (Å²) in [6.07, 6.45) is -3.42. The molecule has 0 amide bonds. The molecule has 3 heterocycles. The number of nitrogens with zero attached hydrogens (tertiary/aromatic N) is 3. The summed E-state index contributed by atoms with van der Waals surface area (Å²) in [6, 6.07) is 6.26. The van der Waals surface area contributed by atoms with Gasteiger partial charge in [-0.05, 0) is 31.2 Å². The Labute approximate surface area is 145 Å². The first-order chi connectivity index (χ1) is 12.3. The number of carbonyl (C=O) groups excluding carboxylic acids is 1. The lowest BCUT2D eigenvalue weighted by atomic mass is 10.0. The topological polar surface area (TPSA) is 110 Å². The number of alkyl halides is 3. The summed E-state index contributed by atoms with van der Waals surface area (Å²) < 4.78 is 39.9. The molecule has 134 valence electrons. The van der Waals surface area contributed by atoms with Gasteiger partial charge < -0.3 is 11.1 Å². The Morgan fingerprint density at radius 1 is 1.27 bits per heavy atom. The van der Waals surface area contributed by atoms with Crippen molar-refractivity contribution in [3.8, 4) is 0 Å². The average molecular weight is 362 g/mol. The van der Waals surface area contributed by atoms with E-state index in [-0.39, 0.29) is 17.2 Å². The van der Waals surface area contributed by atoms with Crippen LogP contribution in [0.15, 0.2) is 36.5 Å². The fourth-order valence-corrected chi connectivity index (χ4v) is 2.29. The van der Waals surface area contributed by atoms with Crippen molar-refractivity contribution in [2.24, 2.45) is 0 Å². The van der Waals surface area contributed by atoms with Crippen LogP contribution in [0.1, 0.15) is 27.3 Å². The summed E-state index contributed by atoms with van der Waals surface area (Å²) >= 11 is 0. The molecule has 0 aromatic carbocycles. The molecule has 0 unspecified atom stereocenters. The smallest absolute Gasteiger partial charge is 0.383 e. The summed E-state index contributed by atoms with van der Waals surface area (Å²) in [5.74, 6) is -0.663. The van der Waals surface area contributed by atoms with Gasteiger partial charge >= 0.3 is 6.18 Å². The molecule has 0 saturated carbocycles. The van der Waals surface area contributed by atoms with Crippen LogP contribution in [0, 0.1) is 6.92 Å². The second-order valence-corrected chi connectivity index (χ2v) is 5.40. The van der Waals surface area contributed by atoms with E-state index in [9.17, 15) is 18.0 Å². The summed E-state index contributed by atoms with van der Waals surface area (Å²) in [6.45, 7) is 1.74. The predicted molar refractivity (Wildman–Crippen MR) is 87.9 cm³/mol. The van der Waals surface area contributed by atoms with Gasteiger partial charge in [-0.15, -0.1) is 0 Å². The molecular formula is C16H13F3N6O. The highest BCUT2D eigenvalue weighted by molar-refractivity contribution is 6.11. The second-order valence-electron chi connectivity index (χ2n) is 5.40. The van der Waals surface area contributed by atoms with E-state index in [2.05, 4.69) is 25.5 Å². The molecule has 10 heteroatoms. The fourth-order valence-electron chi connectivity index (χ4n) is 2.29. The highest BCUT2D eigenvalue weighted by Gasteiger charge is 2.37. The number of hydrogen-bond donors (Lipinski definition) is 3. The first-order valence-electron chi connectivity index (χ1n) is 7.38. The lowest BCUT2D eigenvalue weighted by molar-refractivity contribution is -0.138. The Bertz CT molecular complexity index is 967. The number of nitrogens with one attached hydrogen (secondary N) is 2. The van der Waals surface area contributed by atoms with Crippen LogP contribution in [0.4, 0.5) is 30.6 Å². The first-order valence-corrected chi connectivity index (χ1v) is 7.38. The van der Waals surface area contributed by atoms with Gasteiger partial charge in [-0.25, -0.2) is 9.97 Å². The molecule has 0 fully saturated rings. The monoisotopic (exact) mass is 362 g/mol. The molecule has 0 aliphatic rings. The zero-order valence-electron chi connectivity index (χ0n) is 13.4. The molecule has 0 bridgehead atoms. The van der Waals surface area contributed by atoms with Crippen LogP contribution < -0.4 is 11.1 Å². The molecule has 0 aliphatic heterocycles. The van der Waals surface area contributed by atoms with Crippen molar-refractivity contribution in [1.82, 2.24) is 20.2 Å². The third-order valence-corrected chi connectivity index (χ3v) is 3.47. The molecular weight excluding hydrogens is 349 g/mol. The maximum absolute atomic E-state index is 13.3. The van der Waals surface area contributed by atoms with Gasteiger partial charge in [0.05, 0.1) is 16.8 Å². The quantitative estimate of drug-likeness (QED) is 0.615. The lowest BCUT2D eigenvalue weighted by Crippen LogP contribution is -2.17. The zero-order chi connectivity index (χ0) is 18.9. The molecule has 0 spiro atoms. The van der Waals surface area contributed by atoms with Crippen molar-refractivity contribution in [2.45, 2.75) is 13.1 Å². The molecule has 0 radical (unpaired) electrons. The molecule has 0 aliphatic carbocycles. The number of aromatic amines is 1.